The molecule has 0 fully saturated rings. The lowest BCUT2D eigenvalue weighted by Crippen LogP contribution is -2.15. The van der Waals surface area contributed by atoms with E-state index in [1.54, 1.807) is 18.2 Å². The number of nitrogens with one attached hydrogen (secondary N) is 1. The zero-order chi connectivity index (χ0) is 20.6. The molecule has 1 aromatic carbocycles. The summed E-state index contributed by atoms with van der Waals surface area (Å²) in [6, 6.07) is 6.05. The van der Waals surface area contributed by atoms with Crippen LogP contribution in [0, 0.1) is 5.82 Å². The maximum absolute atomic E-state index is 13.7. The summed E-state index contributed by atoms with van der Waals surface area (Å²) in [5.41, 5.74) is -1.23. The molecule has 2 heterocycles. The van der Waals surface area contributed by atoms with E-state index in [-0.39, 0.29) is 17.4 Å². The summed E-state index contributed by atoms with van der Waals surface area (Å²) < 4.78 is 54.2. The van der Waals surface area contributed by atoms with Gasteiger partial charge in [-0.15, -0.1) is 0 Å². The van der Waals surface area contributed by atoms with Crippen molar-refractivity contribution in [2.75, 3.05) is 5.32 Å². The first-order chi connectivity index (χ1) is 13.1. The van der Waals surface area contributed by atoms with Crippen molar-refractivity contribution < 1.29 is 22.4 Å². The number of alkyl halides is 3. The molecule has 0 saturated carbocycles. The van der Waals surface area contributed by atoms with Crippen LogP contribution in [0.3, 0.4) is 0 Å². The van der Waals surface area contributed by atoms with Crippen molar-refractivity contribution in [2.45, 2.75) is 12.7 Å². The van der Waals surface area contributed by atoms with Gasteiger partial charge in [0.1, 0.15) is 10.8 Å². The van der Waals surface area contributed by atoms with Gasteiger partial charge in [0.15, 0.2) is 17.2 Å². The summed E-state index contributed by atoms with van der Waals surface area (Å²) in [7, 11) is 1.07. The number of amides is 1. The lowest BCUT2D eigenvalue weighted by molar-refractivity contribution is -0.144. The first kappa shape index (κ1) is 20.3. The van der Waals surface area contributed by atoms with E-state index >= 15 is 0 Å². The molecule has 0 aliphatic heterocycles. The number of carbonyl (C=O) groups excluding carboxylic acids is 1. The minimum atomic E-state index is -4.70. The third kappa shape index (κ3) is 4.04. The third-order valence-corrected chi connectivity index (χ3v) is 4.74. The molecule has 12 heteroatoms. The van der Waals surface area contributed by atoms with Gasteiger partial charge in [0.05, 0.1) is 11.0 Å². The second-order valence-corrected chi connectivity index (χ2v) is 6.90. The highest BCUT2D eigenvalue weighted by Gasteiger charge is 2.39. The van der Waals surface area contributed by atoms with Crippen LogP contribution in [-0.4, -0.2) is 25.5 Å². The fourth-order valence-corrected chi connectivity index (χ4v) is 3.42. The second-order valence-electron chi connectivity index (χ2n) is 5.70. The van der Waals surface area contributed by atoms with Crippen molar-refractivity contribution in [1.82, 2.24) is 19.6 Å². The van der Waals surface area contributed by atoms with Gasteiger partial charge in [-0.2, -0.15) is 23.4 Å². The molecule has 0 spiro atoms. The van der Waals surface area contributed by atoms with Gasteiger partial charge in [-0.1, -0.05) is 29.8 Å². The van der Waals surface area contributed by atoms with Gasteiger partial charge >= 0.3 is 6.18 Å². The Kier molecular flexibility index (Phi) is 5.48. The van der Waals surface area contributed by atoms with Crippen molar-refractivity contribution in [3.63, 3.8) is 0 Å². The van der Waals surface area contributed by atoms with E-state index in [9.17, 15) is 22.4 Å². The molecule has 0 radical (unpaired) electrons. The van der Waals surface area contributed by atoms with Crippen molar-refractivity contribution in [3.05, 3.63) is 62.7 Å². The molecular weight excluding hydrogens is 470 g/mol. The molecule has 1 amide bonds. The molecule has 0 atom stereocenters. The van der Waals surface area contributed by atoms with Crippen molar-refractivity contribution in [3.8, 4) is 0 Å². The normalized spacial score (nSPS) is 11.7. The molecule has 0 aliphatic carbocycles. The van der Waals surface area contributed by atoms with Crippen molar-refractivity contribution >= 4 is 39.3 Å². The SMILES string of the molecule is Cn1nc(C(=O)Nc2nn(Cc3ccccc3F)cc2Cl)c(Br)c1C(F)(F)F. The Labute approximate surface area is 169 Å². The molecule has 0 bridgehead atoms. The van der Waals surface area contributed by atoms with Crippen LogP contribution in [0.1, 0.15) is 21.7 Å². The van der Waals surface area contributed by atoms with E-state index in [1.807, 2.05) is 0 Å². The average molecular weight is 481 g/mol. The van der Waals surface area contributed by atoms with Crippen LogP contribution in [0.25, 0.3) is 0 Å². The van der Waals surface area contributed by atoms with Gasteiger partial charge in [0, 0.05) is 18.8 Å². The zero-order valence-corrected chi connectivity index (χ0v) is 16.4. The number of aromatic nitrogens is 4. The van der Waals surface area contributed by atoms with E-state index in [4.69, 9.17) is 11.6 Å². The first-order valence-electron chi connectivity index (χ1n) is 7.65. The molecule has 2 aromatic heterocycles. The van der Waals surface area contributed by atoms with Crippen molar-refractivity contribution in [1.29, 1.82) is 0 Å². The number of benzene rings is 1. The van der Waals surface area contributed by atoms with E-state index in [2.05, 4.69) is 31.4 Å². The highest BCUT2D eigenvalue weighted by atomic mass is 79.9. The summed E-state index contributed by atoms with van der Waals surface area (Å²) in [6.45, 7) is 0.0494. The Bertz CT molecular complexity index is 1050. The standard InChI is InChI=1S/C16H11BrClF4N5O/c1-26-13(16(20,21)22)11(17)12(24-26)15(28)23-14-9(18)7-27(25-14)6-8-4-2-3-5-10(8)19/h2-5,7H,6H2,1H3,(H,23,25,28). The number of carbonyl (C=O) groups is 1. The molecule has 0 unspecified atom stereocenters. The highest BCUT2D eigenvalue weighted by molar-refractivity contribution is 9.10. The van der Waals surface area contributed by atoms with Gasteiger partial charge in [-0.3, -0.25) is 14.2 Å². The van der Waals surface area contributed by atoms with E-state index in [0.29, 0.717) is 10.2 Å². The summed E-state index contributed by atoms with van der Waals surface area (Å²) in [5.74, 6) is -1.46. The minimum Gasteiger partial charge on any atom is -0.302 e. The first-order valence-corrected chi connectivity index (χ1v) is 8.82. The van der Waals surface area contributed by atoms with Gasteiger partial charge < -0.3 is 5.32 Å². The molecular formula is C16H11BrClF4N5O. The van der Waals surface area contributed by atoms with Gasteiger partial charge in [-0.25, -0.2) is 4.39 Å². The number of halogens is 6. The lowest BCUT2D eigenvalue weighted by Gasteiger charge is -2.06. The number of aryl methyl sites for hydroxylation is 1. The molecule has 0 aliphatic rings. The van der Waals surface area contributed by atoms with Gasteiger partial charge in [0.2, 0.25) is 0 Å². The molecule has 6 nitrogen and oxygen atoms in total. The fourth-order valence-electron chi connectivity index (χ4n) is 2.48. The van der Waals surface area contributed by atoms with E-state index in [0.717, 1.165) is 7.05 Å². The van der Waals surface area contributed by atoms with Crippen LogP contribution in [0.4, 0.5) is 23.4 Å². The summed E-state index contributed by atoms with van der Waals surface area (Å²) in [5, 5.41) is 9.98. The zero-order valence-electron chi connectivity index (χ0n) is 14.1. The largest absolute Gasteiger partial charge is 0.434 e. The number of hydrogen-bond acceptors (Lipinski definition) is 3. The molecule has 0 saturated heterocycles. The number of hydrogen-bond donors (Lipinski definition) is 1. The van der Waals surface area contributed by atoms with Crippen LogP contribution in [0.2, 0.25) is 5.02 Å². The molecule has 28 heavy (non-hydrogen) atoms. The monoisotopic (exact) mass is 479 g/mol. The lowest BCUT2D eigenvalue weighted by atomic mass is 10.2. The Morgan fingerprint density at radius 1 is 1.29 bits per heavy atom. The van der Waals surface area contributed by atoms with Crippen LogP contribution in [-0.2, 0) is 19.8 Å². The van der Waals surface area contributed by atoms with E-state index < -0.39 is 33.8 Å². The smallest absolute Gasteiger partial charge is 0.302 e. The molecule has 148 valence electrons. The molecule has 3 rings (SSSR count). The van der Waals surface area contributed by atoms with Crippen molar-refractivity contribution in [2.24, 2.45) is 7.05 Å². The minimum absolute atomic E-state index is 0.0350. The third-order valence-electron chi connectivity index (χ3n) is 3.71. The molecule has 1 N–H and O–H groups in total. The van der Waals surface area contributed by atoms with Gasteiger partial charge in [-0.05, 0) is 22.0 Å². The average Bonchev–Trinajstić information content (AvgIpc) is 3.08. The predicted molar refractivity (Wildman–Crippen MR) is 96.6 cm³/mol. The maximum Gasteiger partial charge on any atom is 0.434 e. The summed E-state index contributed by atoms with van der Waals surface area (Å²) in [4.78, 5) is 12.3. The Morgan fingerprint density at radius 3 is 2.57 bits per heavy atom. The second kappa shape index (κ2) is 7.55. The van der Waals surface area contributed by atoms with E-state index in [1.165, 1.54) is 16.9 Å². The fraction of sp³-hybridized carbons (Fsp3) is 0.188. The maximum atomic E-state index is 13.7. The Balaban J connectivity index is 1.82. The Morgan fingerprint density at radius 2 is 1.96 bits per heavy atom. The summed E-state index contributed by atoms with van der Waals surface area (Å²) >= 11 is 8.79. The van der Waals surface area contributed by atoms with Gasteiger partial charge in [0.25, 0.3) is 5.91 Å². The number of nitrogens with zero attached hydrogens (tertiary/aromatic N) is 4. The number of anilines is 1. The quantitative estimate of drug-likeness (QED) is 0.560. The topological polar surface area (TPSA) is 64.7 Å². The Hall–Kier alpha value is -2.40. The highest BCUT2D eigenvalue weighted by Crippen LogP contribution is 2.36. The van der Waals surface area contributed by atoms with Crippen LogP contribution >= 0.6 is 27.5 Å². The van der Waals surface area contributed by atoms with Crippen LogP contribution in [0.5, 0.6) is 0 Å². The predicted octanol–water partition coefficient (Wildman–Crippen LogP) is 4.49. The summed E-state index contributed by atoms with van der Waals surface area (Å²) in [6.07, 6.45) is -3.34. The number of rotatable bonds is 4. The van der Waals surface area contributed by atoms with Crippen LogP contribution in [0.15, 0.2) is 34.9 Å². The van der Waals surface area contributed by atoms with Crippen LogP contribution < -0.4 is 5.32 Å². The molecule has 3 aromatic rings.